The quantitative estimate of drug-likeness (QED) is 0.656. The summed E-state index contributed by atoms with van der Waals surface area (Å²) in [6.45, 7) is 2.43. The molecule has 0 aliphatic rings. The van der Waals surface area contributed by atoms with Gasteiger partial charge >= 0.3 is 0 Å². The maximum atomic E-state index is 12.7. The molecule has 1 atom stereocenters. The van der Waals surface area contributed by atoms with Gasteiger partial charge < -0.3 is 19.1 Å². The van der Waals surface area contributed by atoms with Crippen LogP contribution in [0.2, 0.25) is 0 Å². The molecule has 0 aromatic heterocycles. The first kappa shape index (κ1) is 20.0. The molecule has 140 valence electrons. The molecule has 0 saturated heterocycles. The van der Waals surface area contributed by atoms with E-state index >= 15 is 0 Å². The topological polar surface area (TPSA) is 48.0 Å². The Morgan fingerprint density at radius 1 is 1.00 bits per heavy atom. The number of hydrogen-bond acceptors (Lipinski definition) is 5. The van der Waals surface area contributed by atoms with E-state index in [4.69, 9.17) is 14.2 Å². The molecule has 1 amide bonds. The van der Waals surface area contributed by atoms with Crippen molar-refractivity contribution in [2.75, 3.05) is 28.4 Å². The lowest BCUT2D eigenvalue weighted by atomic mass is 10.2. The molecule has 0 radical (unpaired) electrons. The SMILES string of the molecule is COc1ccc(S[C@H](C)C(=O)N(C)Cc2ccc(OC)c(OC)c2)cc1. The van der Waals surface area contributed by atoms with Crippen molar-refractivity contribution >= 4 is 17.7 Å². The van der Waals surface area contributed by atoms with E-state index in [2.05, 4.69) is 0 Å². The Bertz CT molecular complexity index is 733. The summed E-state index contributed by atoms with van der Waals surface area (Å²) in [5, 5.41) is -0.187. The molecule has 0 aliphatic heterocycles. The normalized spacial score (nSPS) is 11.6. The summed E-state index contributed by atoms with van der Waals surface area (Å²) in [5.41, 5.74) is 0.986. The lowest BCUT2D eigenvalue weighted by molar-refractivity contribution is -0.129. The molecule has 0 unspecified atom stereocenters. The molecule has 6 heteroatoms. The molecule has 0 bridgehead atoms. The van der Waals surface area contributed by atoms with Crippen molar-refractivity contribution in [3.8, 4) is 17.2 Å². The van der Waals surface area contributed by atoms with Crippen LogP contribution >= 0.6 is 11.8 Å². The van der Waals surface area contributed by atoms with Crippen molar-refractivity contribution in [1.29, 1.82) is 0 Å². The maximum absolute atomic E-state index is 12.7. The minimum atomic E-state index is -0.187. The first-order valence-corrected chi connectivity index (χ1v) is 9.13. The van der Waals surface area contributed by atoms with Gasteiger partial charge in [0, 0.05) is 18.5 Å². The zero-order valence-electron chi connectivity index (χ0n) is 15.8. The monoisotopic (exact) mass is 375 g/mol. The van der Waals surface area contributed by atoms with Crippen molar-refractivity contribution in [2.45, 2.75) is 23.6 Å². The van der Waals surface area contributed by atoms with Gasteiger partial charge in [0.25, 0.3) is 0 Å². The minimum Gasteiger partial charge on any atom is -0.497 e. The zero-order chi connectivity index (χ0) is 19.1. The van der Waals surface area contributed by atoms with Gasteiger partial charge in [0.05, 0.1) is 26.6 Å². The maximum Gasteiger partial charge on any atom is 0.235 e. The van der Waals surface area contributed by atoms with Gasteiger partial charge in [0.15, 0.2) is 11.5 Å². The largest absolute Gasteiger partial charge is 0.497 e. The van der Waals surface area contributed by atoms with E-state index in [1.165, 1.54) is 11.8 Å². The van der Waals surface area contributed by atoms with E-state index in [9.17, 15) is 4.79 Å². The molecular weight excluding hydrogens is 350 g/mol. The molecule has 26 heavy (non-hydrogen) atoms. The van der Waals surface area contributed by atoms with Gasteiger partial charge in [-0.1, -0.05) is 6.07 Å². The van der Waals surface area contributed by atoms with Crippen LogP contribution < -0.4 is 14.2 Å². The van der Waals surface area contributed by atoms with E-state index in [1.807, 2.05) is 56.4 Å². The van der Waals surface area contributed by atoms with E-state index in [0.717, 1.165) is 16.2 Å². The second kappa shape index (κ2) is 9.38. The number of rotatable bonds is 8. The fourth-order valence-corrected chi connectivity index (χ4v) is 3.53. The van der Waals surface area contributed by atoms with Crippen LogP contribution in [0.1, 0.15) is 12.5 Å². The first-order valence-electron chi connectivity index (χ1n) is 8.25. The van der Waals surface area contributed by atoms with Crippen LogP contribution in [0.4, 0.5) is 0 Å². The van der Waals surface area contributed by atoms with Gasteiger partial charge in [-0.05, 0) is 48.9 Å². The molecule has 0 heterocycles. The Morgan fingerprint density at radius 2 is 1.65 bits per heavy atom. The highest BCUT2D eigenvalue weighted by Crippen LogP contribution is 2.29. The van der Waals surface area contributed by atoms with E-state index in [0.29, 0.717) is 18.0 Å². The van der Waals surface area contributed by atoms with Crippen molar-refractivity contribution in [3.63, 3.8) is 0 Å². The van der Waals surface area contributed by atoms with Crippen LogP contribution in [-0.2, 0) is 11.3 Å². The molecular formula is C20H25NO4S. The van der Waals surface area contributed by atoms with Crippen LogP contribution in [0.25, 0.3) is 0 Å². The Labute approximate surface area is 159 Å². The highest BCUT2D eigenvalue weighted by molar-refractivity contribution is 8.00. The Kier molecular flexibility index (Phi) is 7.21. The molecule has 2 aromatic rings. The fourth-order valence-electron chi connectivity index (χ4n) is 2.55. The predicted molar refractivity (Wildman–Crippen MR) is 104 cm³/mol. The Hall–Kier alpha value is -2.34. The predicted octanol–water partition coefficient (Wildman–Crippen LogP) is 3.85. The summed E-state index contributed by atoms with van der Waals surface area (Å²) < 4.78 is 15.7. The molecule has 0 aliphatic carbocycles. The summed E-state index contributed by atoms with van der Waals surface area (Å²) in [4.78, 5) is 15.4. The Balaban J connectivity index is 1.99. The van der Waals surface area contributed by atoms with E-state index < -0.39 is 0 Å². The molecule has 0 spiro atoms. The molecule has 0 saturated carbocycles. The van der Waals surface area contributed by atoms with Crippen molar-refractivity contribution < 1.29 is 19.0 Å². The Morgan fingerprint density at radius 3 is 2.23 bits per heavy atom. The average Bonchev–Trinajstić information content (AvgIpc) is 2.67. The number of thioether (sulfide) groups is 1. The third-order valence-electron chi connectivity index (χ3n) is 3.96. The second-order valence-corrected chi connectivity index (χ2v) is 7.23. The summed E-state index contributed by atoms with van der Waals surface area (Å²) in [6, 6.07) is 13.4. The number of hydrogen-bond donors (Lipinski definition) is 0. The number of methoxy groups -OCH3 is 3. The van der Waals surface area contributed by atoms with Gasteiger partial charge in [-0.25, -0.2) is 0 Å². The van der Waals surface area contributed by atoms with Crippen LogP contribution in [0.3, 0.4) is 0 Å². The van der Waals surface area contributed by atoms with Gasteiger partial charge in [-0.3, -0.25) is 4.79 Å². The smallest absolute Gasteiger partial charge is 0.235 e. The number of benzene rings is 2. The standard InChI is InChI=1S/C20H25NO4S/c1-14(26-17-9-7-16(23-3)8-10-17)20(22)21(2)13-15-6-11-18(24-4)19(12-15)25-5/h6-12,14H,13H2,1-5H3/t14-/m1/s1. The van der Waals surface area contributed by atoms with Crippen molar-refractivity contribution in [2.24, 2.45) is 0 Å². The van der Waals surface area contributed by atoms with Gasteiger partial charge in [0.2, 0.25) is 5.91 Å². The van der Waals surface area contributed by atoms with Crippen LogP contribution in [0.15, 0.2) is 47.4 Å². The number of amides is 1. The molecule has 0 fully saturated rings. The fraction of sp³-hybridized carbons (Fsp3) is 0.350. The average molecular weight is 375 g/mol. The van der Waals surface area contributed by atoms with Gasteiger partial charge in [0.1, 0.15) is 5.75 Å². The number of nitrogens with zero attached hydrogens (tertiary/aromatic N) is 1. The molecule has 2 aromatic carbocycles. The van der Waals surface area contributed by atoms with Crippen molar-refractivity contribution in [1.82, 2.24) is 4.90 Å². The number of ether oxygens (including phenoxy) is 3. The van der Waals surface area contributed by atoms with Crippen LogP contribution in [-0.4, -0.2) is 44.4 Å². The van der Waals surface area contributed by atoms with Gasteiger partial charge in [-0.15, -0.1) is 11.8 Å². The molecule has 0 N–H and O–H groups in total. The second-order valence-electron chi connectivity index (χ2n) is 5.82. The lowest BCUT2D eigenvalue weighted by Gasteiger charge is -2.22. The summed E-state index contributed by atoms with van der Waals surface area (Å²) >= 11 is 1.53. The highest BCUT2D eigenvalue weighted by atomic mass is 32.2. The summed E-state index contributed by atoms with van der Waals surface area (Å²) in [7, 11) is 6.65. The van der Waals surface area contributed by atoms with E-state index in [1.54, 1.807) is 26.2 Å². The summed E-state index contributed by atoms with van der Waals surface area (Å²) in [6.07, 6.45) is 0. The number of carbonyl (C=O) groups is 1. The van der Waals surface area contributed by atoms with Gasteiger partial charge in [-0.2, -0.15) is 0 Å². The third kappa shape index (κ3) is 5.08. The van der Waals surface area contributed by atoms with E-state index in [-0.39, 0.29) is 11.2 Å². The molecule has 5 nitrogen and oxygen atoms in total. The minimum absolute atomic E-state index is 0.0700. The van der Waals surface area contributed by atoms with Crippen LogP contribution in [0.5, 0.6) is 17.2 Å². The molecule has 2 rings (SSSR count). The van der Waals surface area contributed by atoms with Crippen molar-refractivity contribution in [3.05, 3.63) is 48.0 Å². The highest BCUT2D eigenvalue weighted by Gasteiger charge is 2.19. The number of carbonyl (C=O) groups excluding carboxylic acids is 1. The summed E-state index contributed by atoms with van der Waals surface area (Å²) in [5.74, 6) is 2.21. The van der Waals surface area contributed by atoms with Crippen LogP contribution in [0, 0.1) is 0 Å². The lowest BCUT2D eigenvalue weighted by Crippen LogP contribution is -2.32. The first-order chi connectivity index (χ1) is 12.5. The third-order valence-corrected chi connectivity index (χ3v) is 5.06. The zero-order valence-corrected chi connectivity index (χ0v) is 16.6.